The number of halogens is 1. The molecule has 0 saturated heterocycles. The van der Waals surface area contributed by atoms with Gasteiger partial charge in [-0.3, -0.25) is 0 Å². The van der Waals surface area contributed by atoms with Crippen molar-refractivity contribution in [2.45, 2.75) is 0 Å². The van der Waals surface area contributed by atoms with Gasteiger partial charge in [-0.05, 0) is 36.4 Å². The lowest BCUT2D eigenvalue weighted by molar-refractivity contribution is 0.441. The average molecular weight is 230 g/mol. The van der Waals surface area contributed by atoms with Crippen LogP contribution in [0.1, 0.15) is 0 Å². The Morgan fingerprint density at radius 3 is 2.50 bits per heavy atom. The monoisotopic (exact) mass is 229 g/mol. The summed E-state index contributed by atoms with van der Waals surface area (Å²) < 4.78 is 5.35. The molecular weight excluding hydrogens is 222 g/mol. The van der Waals surface area contributed by atoms with Gasteiger partial charge in [0.25, 0.3) is 0 Å². The van der Waals surface area contributed by atoms with Crippen LogP contribution in [-0.4, -0.2) is 5.16 Å². The lowest BCUT2D eigenvalue weighted by atomic mass is 10.1. The first-order valence-corrected chi connectivity index (χ1v) is 5.33. The Bertz CT molecular complexity index is 628. The van der Waals surface area contributed by atoms with E-state index in [9.17, 15) is 0 Å². The van der Waals surface area contributed by atoms with Crippen LogP contribution in [-0.2, 0) is 0 Å². The predicted molar refractivity (Wildman–Crippen MR) is 64.5 cm³/mol. The summed E-state index contributed by atoms with van der Waals surface area (Å²) in [4.78, 5) is 0. The number of hydrogen-bond donors (Lipinski definition) is 0. The maximum atomic E-state index is 5.85. The maximum Gasteiger partial charge on any atom is 0.174 e. The zero-order valence-corrected chi connectivity index (χ0v) is 9.11. The van der Waals surface area contributed by atoms with E-state index in [1.165, 1.54) is 0 Å². The smallest absolute Gasteiger partial charge is 0.174 e. The van der Waals surface area contributed by atoms with E-state index in [2.05, 4.69) is 5.16 Å². The topological polar surface area (TPSA) is 26.0 Å². The molecule has 3 aromatic rings. The molecule has 0 amide bonds. The summed E-state index contributed by atoms with van der Waals surface area (Å²) >= 11 is 5.85. The summed E-state index contributed by atoms with van der Waals surface area (Å²) in [6.45, 7) is 0. The van der Waals surface area contributed by atoms with E-state index in [1.807, 2.05) is 48.5 Å². The lowest BCUT2D eigenvalue weighted by Crippen LogP contribution is -1.74. The number of benzene rings is 2. The number of hydrogen-bond acceptors (Lipinski definition) is 2. The predicted octanol–water partition coefficient (Wildman–Crippen LogP) is 4.15. The Morgan fingerprint density at radius 1 is 0.938 bits per heavy atom. The van der Waals surface area contributed by atoms with Gasteiger partial charge >= 0.3 is 0 Å². The Kier molecular flexibility index (Phi) is 2.15. The Hall–Kier alpha value is -1.80. The molecule has 16 heavy (non-hydrogen) atoms. The Morgan fingerprint density at radius 2 is 1.69 bits per heavy atom. The fraction of sp³-hybridized carbons (Fsp3) is 0. The van der Waals surface area contributed by atoms with Crippen molar-refractivity contribution in [1.82, 2.24) is 5.16 Å². The summed E-state index contributed by atoms with van der Waals surface area (Å²) in [5.41, 5.74) is 1.85. The molecule has 0 aliphatic rings. The second kappa shape index (κ2) is 3.65. The van der Waals surface area contributed by atoms with Crippen LogP contribution in [0.2, 0.25) is 5.02 Å². The third kappa shape index (κ3) is 1.48. The first kappa shape index (κ1) is 9.43. The van der Waals surface area contributed by atoms with Gasteiger partial charge in [-0.25, -0.2) is 0 Å². The molecule has 0 aliphatic heterocycles. The minimum Gasteiger partial charge on any atom is -0.355 e. The van der Waals surface area contributed by atoms with Gasteiger partial charge in [0, 0.05) is 16.0 Å². The molecule has 0 aliphatic carbocycles. The highest BCUT2D eigenvalue weighted by Gasteiger charge is 2.09. The molecule has 0 N–H and O–H groups in total. The van der Waals surface area contributed by atoms with Gasteiger partial charge in [0.2, 0.25) is 0 Å². The second-order valence-corrected chi connectivity index (χ2v) is 3.97. The van der Waals surface area contributed by atoms with Gasteiger partial charge in [0.15, 0.2) is 5.76 Å². The second-order valence-electron chi connectivity index (χ2n) is 3.54. The molecule has 0 atom stereocenters. The minimum atomic E-state index is 0.715. The summed E-state index contributed by atoms with van der Waals surface area (Å²) in [5.74, 6) is 0.785. The van der Waals surface area contributed by atoms with Crippen molar-refractivity contribution >= 4 is 22.5 Å². The minimum absolute atomic E-state index is 0.715. The standard InChI is InChI=1S/C13H8ClNO/c14-10-7-5-9(6-8-10)13-11-3-1-2-4-12(11)15-16-13/h1-8H. The number of rotatable bonds is 1. The van der Waals surface area contributed by atoms with E-state index in [4.69, 9.17) is 16.1 Å². The van der Waals surface area contributed by atoms with E-state index in [0.29, 0.717) is 5.02 Å². The molecule has 0 bridgehead atoms. The van der Waals surface area contributed by atoms with E-state index in [0.717, 1.165) is 22.2 Å². The average Bonchev–Trinajstić information content (AvgIpc) is 2.74. The van der Waals surface area contributed by atoms with Crippen LogP contribution in [0.15, 0.2) is 53.1 Å². The molecule has 78 valence electrons. The van der Waals surface area contributed by atoms with Gasteiger partial charge in [-0.1, -0.05) is 28.9 Å². The van der Waals surface area contributed by atoms with Crippen LogP contribution in [0.4, 0.5) is 0 Å². The first-order chi connectivity index (χ1) is 7.84. The van der Waals surface area contributed by atoms with E-state index in [-0.39, 0.29) is 0 Å². The molecule has 0 fully saturated rings. The lowest BCUT2D eigenvalue weighted by Gasteiger charge is -1.96. The third-order valence-electron chi connectivity index (χ3n) is 2.49. The van der Waals surface area contributed by atoms with Gasteiger partial charge in [-0.15, -0.1) is 0 Å². The summed E-state index contributed by atoms with van der Waals surface area (Å²) in [5, 5.41) is 5.74. The molecule has 0 spiro atoms. The molecule has 0 radical (unpaired) electrons. The molecule has 1 heterocycles. The Labute approximate surface area is 97.4 Å². The third-order valence-corrected chi connectivity index (χ3v) is 2.74. The van der Waals surface area contributed by atoms with Crippen molar-refractivity contribution in [2.75, 3.05) is 0 Å². The van der Waals surface area contributed by atoms with Crippen LogP contribution in [0.25, 0.3) is 22.2 Å². The fourth-order valence-electron chi connectivity index (χ4n) is 1.70. The van der Waals surface area contributed by atoms with Crippen LogP contribution in [0.5, 0.6) is 0 Å². The molecular formula is C13H8ClNO. The zero-order chi connectivity index (χ0) is 11.0. The van der Waals surface area contributed by atoms with E-state index in [1.54, 1.807) is 0 Å². The largest absolute Gasteiger partial charge is 0.355 e. The molecule has 2 aromatic carbocycles. The molecule has 3 heteroatoms. The first-order valence-electron chi connectivity index (χ1n) is 4.95. The highest BCUT2D eigenvalue weighted by Crippen LogP contribution is 2.28. The number of nitrogens with zero attached hydrogens (tertiary/aromatic N) is 1. The van der Waals surface area contributed by atoms with E-state index < -0.39 is 0 Å². The van der Waals surface area contributed by atoms with Gasteiger partial charge in [0.1, 0.15) is 5.52 Å². The van der Waals surface area contributed by atoms with Gasteiger partial charge in [0.05, 0.1) is 0 Å². The van der Waals surface area contributed by atoms with Crippen molar-refractivity contribution in [2.24, 2.45) is 0 Å². The fourth-order valence-corrected chi connectivity index (χ4v) is 1.82. The quantitative estimate of drug-likeness (QED) is 0.627. The molecule has 0 saturated carbocycles. The highest BCUT2D eigenvalue weighted by atomic mass is 35.5. The van der Waals surface area contributed by atoms with Crippen molar-refractivity contribution < 1.29 is 4.52 Å². The SMILES string of the molecule is Clc1ccc(-c2onc3ccccc23)cc1. The molecule has 3 rings (SSSR count). The van der Waals surface area contributed by atoms with Crippen molar-refractivity contribution in [3.8, 4) is 11.3 Å². The maximum absolute atomic E-state index is 5.85. The van der Waals surface area contributed by atoms with Crippen LogP contribution in [0.3, 0.4) is 0 Å². The summed E-state index contributed by atoms with van der Waals surface area (Å²) in [6, 6.07) is 15.4. The van der Waals surface area contributed by atoms with E-state index >= 15 is 0 Å². The van der Waals surface area contributed by atoms with Crippen LogP contribution >= 0.6 is 11.6 Å². The summed E-state index contributed by atoms with van der Waals surface area (Å²) in [6.07, 6.45) is 0. The molecule has 2 nitrogen and oxygen atoms in total. The number of fused-ring (bicyclic) bond motifs is 1. The van der Waals surface area contributed by atoms with Crippen LogP contribution < -0.4 is 0 Å². The zero-order valence-electron chi connectivity index (χ0n) is 8.35. The highest BCUT2D eigenvalue weighted by molar-refractivity contribution is 6.30. The Balaban J connectivity index is 2.22. The normalized spacial score (nSPS) is 10.8. The van der Waals surface area contributed by atoms with Crippen LogP contribution in [0, 0.1) is 0 Å². The van der Waals surface area contributed by atoms with Crippen molar-refractivity contribution in [3.05, 3.63) is 53.6 Å². The van der Waals surface area contributed by atoms with Gasteiger partial charge < -0.3 is 4.52 Å². The summed E-state index contributed by atoms with van der Waals surface area (Å²) in [7, 11) is 0. The van der Waals surface area contributed by atoms with Crippen molar-refractivity contribution in [1.29, 1.82) is 0 Å². The molecule has 0 unspecified atom stereocenters. The number of aromatic nitrogens is 1. The van der Waals surface area contributed by atoms with Crippen molar-refractivity contribution in [3.63, 3.8) is 0 Å². The van der Waals surface area contributed by atoms with Gasteiger partial charge in [-0.2, -0.15) is 0 Å². The molecule has 1 aromatic heterocycles.